The summed E-state index contributed by atoms with van der Waals surface area (Å²) < 4.78 is 7.15. The quantitative estimate of drug-likeness (QED) is 0.334. The highest BCUT2D eigenvalue weighted by molar-refractivity contribution is 7.17. The third kappa shape index (κ3) is 4.92. The zero-order valence-electron chi connectivity index (χ0n) is 19.7. The van der Waals surface area contributed by atoms with Crippen LogP contribution in [0.4, 0.5) is 5.82 Å². The van der Waals surface area contributed by atoms with E-state index in [9.17, 15) is 9.59 Å². The third-order valence-corrected chi connectivity index (χ3v) is 7.51. The van der Waals surface area contributed by atoms with E-state index >= 15 is 0 Å². The van der Waals surface area contributed by atoms with Crippen LogP contribution >= 0.6 is 11.3 Å². The fourth-order valence-electron chi connectivity index (χ4n) is 4.25. The molecule has 3 aromatic rings. The zero-order chi connectivity index (χ0) is 24.5. The Morgan fingerprint density at radius 3 is 2.89 bits per heavy atom. The summed E-state index contributed by atoms with van der Waals surface area (Å²) in [5.74, 6) is 0.616. The smallest absolute Gasteiger partial charge is 0.268 e. The van der Waals surface area contributed by atoms with Gasteiger partial charge in [-0.25, -0.2) is 4.98 Å². The minimum Gasteiger partial charge on any atom is -0.379 e. The molecule has 1 saturated carbocycles. The molecule has 2 aliphatic heterocycles. The number of anilines is 1. The first kappa shape index (κ1) is 23.0. The molecule has 0 aromatic carbocycles. The molecule has 3 aromatic heterocycles. The highest BCUT2D eigenvalue weighted by atomic mass is 32.1. The molecule has 3 fully saturated rings. The van der Waals surface area contributed by atoms with Gasteiger partial charge < -0.3 is 26.0 Å². The maximum Gasteiger partial charge on any atom is 0.268 e. The van der Waals surface area contributed by atoms with Gasteiger partial charge in [-0.3, -0.25) is 14.5 Å². The molecule has 4 N–H and O–H groups in total. The lowest BCUT2D eigenvalue weighted by Gasteiger charge is -2.26. The first-order valence-electron chi connectivity index (χ1n) is 12.2. The molecule has 6 rings (SSSR count). The van der Waals surface area contributed by atoms with Crippen molar-refractivity contribution in [2.45, 2.75) is 18.9 Å². The van der Waals surface area contributed by atoms with Gasteiger partial charge in [0.2, 0.25) is 0 Å². The van der Waals surface area contributed by atoms with Gasteiger partial charge in [-0.15, -0.1) is 11.3 Å². The summed E-state index contributed by atoms with van der Waals surface area (Å²) in [5, 5.41) is 16.8. The Bertz CT molecular complexity index is 1320. The zero-order valence-corrected chi connectivity index (χ0v) is 20.6. The average molecular weight is 509 g/mol. The highest BCUT2D eigenvalue weighted by Crippen LogP contribution is 2.32. The number of morpholine rings is 1. The Morgan fingerprint density at radius 1 is 1.25 bits per heavy atom. The Hall–Kier alpha value is -3.48. The van der Waals surface area contributed by atoms with Crippen molar-refractivity contribution in [1.82, 2.24) is 35.4 Å². The van der Waals surface area contributed by atoms with Crippen molar-refractivity contribution < 1.29 is 14.3 Å². The summed E-state index contributed by atoms with van der Waals surface area (Å²) in [6.45, 7) is 5.11. The topological polar surface area (TPSA) is 125 Å². The Labute approximate surface area is 211 Å². The normalized spacial score (nSPS) is 19.4. The van der Waals surface area contributed by atoms with Gasteiger partial charge in [0, 0.05) is 43.9 Å². The molecule has 188 valence electrons. The van der Waals surface area contributed by atoms with E-state index < -0.39 is 0 Å². The minimum atomic E-state index is -0.149. The van der Waals surface area contributed by atoms with Gasteiger partial charge in [-0.1, -0.05) is 0 Å². The van der Waals surface area contributed by atoms with Gasteiger partial charge >= 0.3 is 0 Å². The van der Waals surface area contributed by atoms with Crippen LogP contribution in [-0.2, 0) is 9.53 Å². The van der Waals surface area contributed by atoms with E-state index in [0.29, 0.717) is 35.5 Å². The summed E-state index contributed by atoms with van der Waals surface area (Å²) in [5.41, 5.74) is 2.63. The maximum absolute atomic E-state index is 12.8. The SMILES string of the molecule is O=C1NCN/C1=C\c1cnn2c(NC3CC3)cc(-c3ccc(C(=O)NCCN4CCOCC4)s3)nc12. The summed E-state index contributed by atoms with van der Waals surface area (Å²) in [6, 6.07) is 6.17. The van der Waals surface area contributed by atoms with Crippen molar-refractivity contribution >= 4 is 40.7 Å². The minimum absolute atomic E-state index is 0.0787. The maximum atomic E-state index is 12.8. The predicted molar refractivity (Wildman–Crippen MR) is 137 cm³/mol. The van der Waals surface area contributed by atoms with E-state index in [0.717, 1.165) is 67.6 Å². The molecule has 12 heteroatoms. The molecular weight excluding hydrogens is 480 g/mol. The molecule has 11 nitrogen and oxygen atoms in total. The molecule has 2 saturated heterocycles. The van der Waals surface area contributed by atoms with Crippen LogP contribution in [0.1, 0.15) is 28.1 Å². The van der Waals surface area contributed by atoms with E-state index in [4.69, 9.17) is 9.72 Å². The van der Waals surface area contributed by atoms with Gasteiger partial charge in [0.05, 0.1) is 41.5 Å². The highest BCUT2D eigenvalue weighted by Gasteiger charge is 2.24. The molecule has 36 heavy (non-hydrogen) atoms. The number of thiophene rings is 1. The number of fused-ring (bicyclic) bond motifs is 1. The molecule has 0 bridgehead atoms. The number of hydrogen-bond donors (Lipinski definition) is 4. The fraction of sp³-hybridized carbons (Fsp3) is 0.417. The van der Waals surface area contributed by atoms with Crippen LogP contribution in [0.15, 0.2) is 30.1 Å². The second-order valence-corrected chi connectivity index (χ2v) is 10.2. The Balaban J connectivity index is 1.24. The molecule has 0 unspecified atom stereocenters. The lowest BCUT2D eigenvalue weighted by molar-refractivity contribution is -0.116. The van der Waals surface area contributed by atoms with Crippen molar-refractivity contribution in [1.29, 1.82) is 0 Å². The van der Waals surface area contributed by atoms with Crippen molar-refractivity contribution in [2.75, 3.05) is 51.4 Å². The van der Waals surface area contributed by atoms with Gasteiger partial charge in [0.15, 0.2) is 5.65 Å². The molecule has 1 aliphatic carbocycles. The number of aromatic nitrogens is 3. The summed E-state index contributed by atoms with van der Waals surface area (Å²) in [7, 11) is 0. The van der Waals surface area contributed by atoms with Crippen LogP contribution < -0.4 is 21.3 Å². The first-order valence-corrected chi connectivity index (χ1v) is 13.0. The molecule has 2 amide bonds. The first-order chi connectivity index (χ1) is 17.6. The Kier molecular flexibility index (Phi) is 6.30. The molecular formula is C24H28N8O3S. The van der Waals surface area contributed by atoms with Crippen LogP contribution in [0.5, 0.6) is 0 Å². The van der Waals surface area contributed by atoms with Crippen molar-refractivity contribution in [3.05, 3.63) is 40.5 Å². The number of carbonyl (C=O) groups is 2. The molecule has 3 aliphatic rings. The van der Waals surface area contributed by atoms with E-state index in [1.165, 1.54) is 11.3 Å². The molecule has 0 spiro atoms. The van der Waals surface area contributed by atoms with Crippen molar-refractivity contribution in [3.8, 4) is 10.6 Å². The standard InChI is InChI=1S/C24H28N8O3S/c33-23-18(26-14-27-23)11-15-13-28-32-21(29-16-1-2-16)12-17(30-22(15)32)19-3-4-20(36-19)24(34)25-5-6-31-7-9-35-10-8-31/h3-4,11-13,16,26,29H,1-2,5-10,14H2,(H,25,34)(H,27,33)/b18-11-. The largest absolute Gasteiger partial charge is 0.379 e. The second-order valence-electron chi connectivity index (χ2n) is 9.07. The van der Waals surface area contributed by atoms with Crippen molar-refractivity contribution in [2.24, 2.45) is 0 Å². The molecule has 5 heterocycles. The van der Waals surface area contributed by atoms with Crippen LogP contribution in [0.25, 0.3) is 22.3 Å². The predicted octanol–water partition coefficient (Wildman–Crippen LogP) is 1.11. The second kappa shape index (κ2) is 9.88. The number of carbonyl (C=O) groups excluding carboxylic acids is 2. The van der Waals surface area contributed by atoms with Crippen LogP contribution in [0.2, 0.25) is 0 Å². The summed E-state index contributed by atoms with van der Waals surface area (Å²) in [6.07, 6.45) is 5.72. The van der Waals surface area contributed by atoms with Crippen LogP contribution in [0.3, 0.4) is 0 Å². The van der Waals surface area contributed by atoms with E-state index in [1.54, 1.807) is 16.8 Å². The molecule has 0 radical (unpaired) electrons. The van der Waals surface area contributed by atoms with Gasteiger partial charge in [-0.2, -0.15) is 9.61 Å². The number of nitrogens with zero attached hydrogens (tertiary/aromatic N) is 4. The van der Waals surface area contributed by atoms with Crippen LogP contribution in [-0.4, -0.2) is 83.4 Å². The van der Waals surface area contributed by atoms with E-state index in [2.05, 4.69) is 31.3 Å². The number of rotatable bonds is 8. The van der Waals surface area contributed by atoms with Gasteiger partial charge in [0.1, 0.15) is 11.5 Å². The van der Waals surface area contributed by atoms with E-state index in [1.807, 2.05) is 18.2 Å². The summed E-state index contributed by atoms with van der Waals surface area (Å²) >= 11 is 1.42. The van der Waals surface area contributed by atoms with Gasteiger partial charge in [-0.05, 0) is 31.1 Å². The van der Waals surface area contributed by atoms with Crippen LogP contribution in [0, 0.1) is 0 Å². The number of ether oxygens (including phenoxy) is 1. The third-order valence-electron chi connectivity index (χ3n) is 6.40. The lowest BCUT2D eigenvalue weighted by atomic mass is 10.2. The number of amides is 2. The molecule has 0 atom stereocenters. The Morgan fingerprint density at radius 2 is 2.11 bits per heavy atom. The fourth-order valence-corrected chi connectivity index (χ4v) is 5.13. The average Bonchev–Trinajstić information content (AvgIpc) is 3.24. The summed E-state index contributed by atoms with van der Waals surface area (Å²) in [4.78, 5) is 33.5. The number of nitrogens with one attached hydrogen (secondary N) is 4. The lowest BCUT2D eigenvalue weighted by Crippen LogP contribution is -2.41. The monoisotopic (exact) mass is 508 g/mol. The number of hydrogen-bond acceptors (Lipinski definition) is 9. The van der Waals surface area contributed by atoms with Gasteiger partial charge in [0.25, 0.3) is 11.8 Å². The van der Waals surface area contributed by atoms with E-state index in [-0.39, 0.29) is 11.8 Å². The van der Waals surface area contributed by atoms with Crippen molar-refractivity contribution in [3.63, 3.8) is 0 Å².